The van der Waals surface area contributed by atoms with Crippen LogP contribution in [0.4, 0.5) is 4.79 Å². The largest absolute Gasteiger partial charge is 0.458 e. The van der Waals surface area contributed by atoms with Crippen molar-refractivity contribution in [1.29, 1.82) is 0 Å². The molecule has 0 bridgehead atoms. The van der Waals surface area contributed by atoms with Crippen molar-refractivity contribution in [3.05, 3.63) is 35.9 Å². The number of amides is 1. The van der Waals surface area contributed by atoms with Crippen LogP contribution in [0.2, 0.25) is 0 Å². The topological polar surface area (TPSA) is 81.7 Å². The Bertz CT molecular complexity index is 626. The molecule has 0 fully saturated rings. The number of Topliss-reactive ketones (excluding diaryl/α,β-unsaturated/α-hetero) is 1. The minimum Gasteiger partial charge on any atom is -0.458 e. The number of ketones is 1. The third-order valence-electron chi connectivity index (χ3n) is 3.14. The molecular weight excluding hydrogens is 334 g/mol. The van der Waals surface area contributed by atoms with Gasteiger partial charge in [0, 0.05) is 12.0 Å². The Morgan fingerprint density at radius 3 is 1.96 bits per heavy atom. The average molecular weight is 363 g/mol. The Kier molecular flexibility index (Phi) is 7.36. The van der Waals surface area contributed by atoms with Crippen molar-refractivity contribution >= 4 is 17.8 Å². The molecule has 0 saturated carbocycles. The van der Waals surface area contributed by atoms with E-state index in [1.54, 1.807) is 65.8 Å². The van der Waals surface area contributed by atoms with Gasteiger partial charge in [0.1, 0.15) is 17.2 Å². The first-order valence-electron chi connectivity index (χ1n) is 8.68. The van der Waals surface area contributed by atoms with E-state index in [9.17, 15) is 14.4 Å². The van der Waals surface area contributed by atoms with Crippen molar-refractivity contribution in [3.8, 4) is 0 Å². The molecule has 1 aromatic carbocycles. The van der Waals surface area contributed by atoms with Crippen LogP contribution in [0.15, 0.2) is 30.3 Å². The summed E-state index contributed by atoms with van der Waals surface area (Å²) in [7, 11) is 0. The molecule has 0 heterocycles. The van der Waals surface area contributed by atoms with Crippen LogP contribution in [-0.2, 0) is 14.3 Å². The highest BCUT2D eigenvalue weighted by atomic mass is 16.6. The van der Waals surface area contributed by atoms with E-state index in [2.05, 4.69) is 5.32 Å². The maximum absolute atomic E-state index is 12.4. The summed E-state index contributed by atoms with van der Waals surface area (Å²) in [6.07, 6.45) is -0.494. The van der Waals surface area contributed by atoms with E-state index in [1.165, 1.54) is 0 Å². The van der Waals surface area contributed by atoms with Gasteiger partial charge in [-0.3, -0.25) is 4.79 Å². The van der Waals surface area contributed by atoms with Crippen molar-refractivity contribution < 1.29 is 23.9 Å². The lowest BCUT2D eigenvalue weighted by atomic mass is 10.0. The smallest absolute Gasteiger partial charge is 0.408 e. The Morgan fingerprint density at radius 1 is 0.923 bits per heavy atom. The third kappa shape index (κ3) is 8.65. The molecule has 0 unspecified atom stereocenters. The fraction of sp³-hybridized carbons (Fsp3) is 0.550. The molecule has 6 nitrogen and oxygen atoms in total. The molecule has 0 aliphatic rings. The average Bonchev–Trinajstić information content (AvgIpc) is 2.48. The lowest BCUT2D eigenvalue weighted by molar-refractivity contribution is -0.157. The number of rotatable bonds is 6. The molecule has 1 amide bonds. The van der Waals surface area contributed by atoms with Gasteiger partial charge < -0.3 is 14.8 Å². The molecule has 6 heteroatoms. The van der Waals surface area contributed by atoms with Gasteiger partial charge in [-0.1, -0.05) is 30.3 Å². The highest BCUT2D eigenvalue weighted by Crippen LogP contribution is 2.14. The minimum atomic E-state index is -0.961. The van der Waals surface area contributed by atoms with Crippen LogP contribution in [0.1, 0.15) is 64.7 Å². The molecule has 0 spiro atoms. The second kappa shape index (κ2) is 8.83. The summed E-state index contributed by atoms with van der Waals surface area (Å²) in [4.78, 5) is 36.7. The molecule has 1 rings (SSSR count). The summed E-state index contributed by atoms with van der Waals surface area (Å²) in [6.45, 7) is 10.4. The summed E-state index contributed by atoms with van der Waals surface area (Å²) in [5.74, 6) is -0.700. The number of hydrogen-bond acceptors (Lipinski definition) is 5. The van der Waals surface area contributed by atoms with Crippen molar-refractivity contribution in [1.82, 2.24) is 5.32 Å². The van der Waals surface area contributed by atoms with Gasteiger partial charge in [0.05, 0.1) is 0 Å². The monoisotopic (exact) mass is 363 g/mol. The molecular formula is C20H29NO5. The highest BCUT2D eigenvalue weighted by Gasteiger charge is 2.29. The Balaban J connectivity index is 2.78. The summed E-state index contributed by atoms with van der Waals surface area (Å²) < 4.78 is 10.5. The van der Waals surface area contributed by atoms with Gasteiger partial charge in [0.25, 0.3) is 0 Å². The first kappa shape index (κ1) is 21.7. The lowest BCUT2D eigenvalue weighted by Gasteiger charge is -2.26. The quantitative estimate of drug-likeness (QED) is 0.612. The van der Waals surface area contributed by atoms with E-state index >= 15 is 0 Å². The Morgan fingerprint density at radius 2 is 1.46 bits per heavy atom. The maximum atomic E-state index is 12.4. The second-order valence-electron chi connectivity index (χ2n) is 8.06. The zero-order chi connectivity index (χ0) is 20.0. The second-order valence-corrected chi connectivity index (χ2v) is 8.06. The van der Waals surface area contributed by atoms with Gasteiger partial charge >= 0.3 is 12.1 Å². The maximum Gasteiger partial charge on any atom is 0.408 e. The summed E-state index contributed by atoms with van der Waals surface area (Å²) in [5.41, 5.74) is -0.829. The number of ether oxygens (including phenoxy) is 2. The number of nitrogens with one attached hydrogen (secondary N) is 1. The van der Waals surface area contributed by atoms with Crippen molar-refractivity contribution in [3.63, 3.8) is 0 Å². The SMILES string of the molecule is CC(C)(C)OC(=O)N[C@H](CCC(=O)c1ccccc1)C(=O)OC(C)(C)C. The van der Waals surface area contributed by atoms with Crippen molar-refractivity contribution in [2.75, 3.05) is 0 Å². The normalized spacial score (nSPS) is 12.8. The number of esters is 1. The number of alkyl carbamates (subject to hydrolysis) is 1. The standard InChI is InChI=1S/C20H29NO5/c1-19(2,3)25-17(23)15(21-18(24)26-20(4,5)6)12-13-16(22)14-10-8-7-9-11-14/h7-11,15H,12-13H2,1-6H3,(H,21,24)/t15-/m1/s1. The molecule has 0 radical (unpaired) electrons. The zero-order valence-electron chi connectivity index (χ0n) is 16.4. The van der Waals surface area contributed by atoms with Gasteiger partial charge in [-0.15, -0.1) is 0 Å². The first-order valence-corrected chi connectivity index (χ1v) is 8.68. The van der Waals surface area contributed by atoms with Crippen LogP contribution in [0, 0.1) is 0 Å². The molecule has 1 atom stereocenters. The van der Waals surface area contributed by atoms with Crippen molar-refractivity contribution in [2.24, 2.45) is 0 Å². The van der Waals surface area contributed by atoms with E-state index in [-0.39, 0.29) is 18.6 Å². The Hall–Kier alpha value is -2.37. The molecule has 0 aromatic heterocycles. The predicted molar refractivity (Wildman–Crippen MR) is 99.0 cm³/mol. The molecule has 1 aromatic rings. The Labute approximate surface area is 155 Å². The molecule has 26 heavy (non-hydrogen) atoms. The van der Waals surface area contributed by atoms with Crippen LogP contribution >= 0.6 is 0 Å². The van der Waals surface area contributed by atoms with E-state index in [0.717, 1.165) is 0 Å². The summed E-state index contributed by atoms with van der Waals surface area (Å²) >= 11 is 0. The van der Waals surface area contributed by atoms with Gasteiger partial charge in [-0.25, -0.2) is 9.59 Å². The number of carbonyl (C=O) groups excluding carboxylic acids is 3. The summed E-state index contributed by atoms with van der Waals surface area (Å²) in [6, 6.07) is 7.84. The van der Waals surface area contributed by atoms with Crippen LogP contribution in [-0.4, -0.2) is 35.1 Å². The molecule has 0 aliphatic carbocycles. The lowest BCUT2D eigenvalue weighted by Crippen LogP contribution is -2.46. The van der Waals surface area contributed by atoms with Crippen LogP contribution < -0.4 is 5.32 Å². The van der Waals surface area contributed by atoms with E-state index < -0.39 is 29.3 Å². The number of hydrogen-bond donors (Lipinski definition) is 1. The van der Waals surface area contributed by atoms with Crippen molar-refractivity contribution in [2.45, 2.75) is 71.6 Å². The number of benzene rings is 1. The van der Waals surface area contributed by atoms with Crippen LogP contribution in [0.25, 0.3) is 0 Å². The van der Waals surface area contributed by atoms with Gasteiger partial charge in [-0.2, -0.15) is 0 Å². The third-order valence-corrected chi connectivity index (χ3v) is 3.14. The van der Waals surface area contributed by atoms with E-state index in [4.69, 9.17) is 9.47 Å². The highest BCUT2D eigenvalue weighted by molar-refractivity contribution is 5.96. The zero-order valence-corrected chi connectivity index (χ0v) is 16.4. The van der Waals surface area contributed by atoms with E-state index in [1.807, 2.05) is 6.07 Å². The minimum absolute atomic E-state index is 0.101. The molecule has 144 valence electrons. The molecule has 1 N–H and O–H groups in total. The van der Waals surface area contributed by atoms with Gasteiger partial charge in [-0.05, 0) is 48.0 Å². The molecule has 0 aliphatic heterocycles. The molecule has 0 saturated heterocycles. The fourth-order valence-corrected chi connectivity index (χ4v) is 2.12. The van der Waals surface area contributed by atoms with Crippen LogP contribution in [0.5, 0.6) is 0 Å². The predicted octanol–water partition coefficient (Wildman–Crippen LogP) is 3.88. The van der Waals surface area contributed by atoms with Gasteiger partial charge in [0.15, 0.2) is 5.78 Å². The van der Waals surface area contributed by atoms with E-state index in [0.29, 0.717) is 5.56 Å². The fourth-order valence-electron chi connectivity index (χ4n) is 2.12. The van der Waals surface area contributed by atoms with Gasteiger partial charge in [0.2, 0.25) is 0 Å². The number of carbonyl (C=O) groups is 3. The van der Waals surface area contributed by atoms with Crippen LogP contribution in [0.3, 0.4) is 0 Å². The summed E-state index contributed by atoms with van der Waals surface area (Å²) in [5, 5.41) is 2.51. The first-order chi connectivity index (χ1) is 11.9.